The van der Waals surface area contributed by atoms with Gasteiger partial charge in [0.2, 0.25) is 5.95 Å². The first-order chi connectivity index (χ1) is 14.3. The number of rotatable bonds is 5. The fourth-order valence-electron chi connectivity index (χ4n) is 3.06. The van der Waals surface area contributed by atoms with Gasteiger partial charge in [0.05, 0.1) is 21.9 Å². The summed E-state index contributed by atoms with van der Waals surface area (Å²) in [7, 11) is 0. The Morgan fingerprint density at radius 2 is 1.90 bits per heavy atom. The first-order valence-electron chi connectivity index (χ1n) is 8.98. The van der Waals surface area contributed by atoms with Gasteiger partial charge in [-0.1, -0.05) is 17.7 Å². The average molecular weight is 419 g/mol. The van der Waals surface area contributed by atoms with E-state index in [1.807, 2.05) is 60.8 Å². The quantitative estimate of drug-likeness (QED) is 0.367. The van der Waals surface area contributed by atoms with Crippen molar-refractivity contribution in [3.63, 3.8) is 0 Å². The van der Waals surface area contributed by atoms with Crippen molar-refractivity contribution >= 4 is 55.7 Å². The van der Waals surface area contributed by atoms with E-state index in [1.54, 1.807) is 17.5 Å². The minimum Gasteiger partial charge on any atom is -0.488 e. The minimum absolute atomic E-state index is 0.422. The molecule has 29 heavy (non-hydrogen) atoms. The summed E-state index contributed by atoms with van der Waals surface area (Å²) < 4.78 is 7.13. The van der Waals surface area contributed by atoms with Gasteiger partial charge in [-0.05, 0) is 48.5 Å². The zero-order valence-electron chi connectivity index (χ0n) is 15.2. The summed E-state index contributed by atoms with van der Waals surface area (Å²) in [6.07, 6.45) is 3.61. The topological polar surface area (TPSA) is 59.9 Å². The number of nitrogens with one attached hydrogen (secondary N) is 1. The molecule has 0 radical (unpaired) electrons. The molecular weight excluding hydrogens is 404 g/mol. The van der Waals surface area contributed by atoms with E-state index in [0.717, 1.165) is 38.1 Å². The van der Waals surface area contributed by atoms with E-state index in [1.165, 1.54) is 0 Å². The number of hydrogen-bond donors (Lipinski definition) is 1. The molecule has 0 fully saturated rings. The Kier molecular flexibility index (Phi) is 4.71. The van der Waals surface area contributed by atoms with Gasteiger partial charge in [0.25, 0.3) is 0 Å². The van der Waals surface area contributed by atoms with Crippen LogP contribution in [0.4, 0.5) is 11.6 Å². The molecule has 0 aliphatic heterocycles. The van der Waals surface area contributed by atoms with Crippen LogP contribution < -0.4 is 10.1 Å². The van der Waals surface area contributed by atoms with E-state index in [4.69, 9.17) is 21.3 Å². The van der Waals surface area contributed by atoms with Gasteiger partial charge in [0.1, 0.15) is 12.4 Å². The highest BCUT2D eigenvalue weighted by molar-refractivity contribution is 7.17. The fraction of sp³-hybridized carbons (Fsp3) is 0.0455. The second-order valence-electron chi connectivity index (χ2n) is 6.41. The zero-order valence-corrected chi connectivity index (χ0v) is 16.7. The Balaban J connectivity index is 1.40. The van der Waals surface area contributed by atoms with E-state index >= 15 is 0 Å². The van der Waals surface area contributed by atoms with Crippen LogP contribution in [0.25, 0.3) is 21.1 Å². The number of thiophene rings is 1. The molecule has 3 aromatic heterocycles. The molecule has 0 aliphatic rings. The largest absolute Gasteiger partial charge is 0.488 e. The Morgan fingerprint density at radius 3 is 2.79 bits per heavy atom. The van der Waals surface area contributed by atoms with Crippen LogP contribution in [-0.4, -0.2) is 15.0 Å². The summed E-state index contributed by atoms with van der Waals surface area (Å²) in [6, 6.07) is 17.2. The third-order valence-electron chi connectivity index (χ3n) is 4.48. The molecule has 0 aliphatic carbocycles. The lowest BCUT2D eigenvalue weighted by atomic mass is 10.2. The molecule has 0 bridgehead atoms. The van der Waals surface area contributed by atoms with Crippen LogP contribution in [0.1, 0.15) is 5.56 Å². The number of anilines is 2. The van der Waals surface area contributed by atoms with Crippen molar-refractivity contribution in [1.29, 1.82) is 0 Å². The number of benzene rings is 2. The van der Waals surface area contributed by atoms with E-state index in [0.29, 0.717) is 17.6 Å². The van der Waals surface area contributed by atoms with Crippen LogP contribution in [-0.2, 0) is 6.61 Å². The number of pyridine rings is 1. The molecule has 5 rings (SSSR count). The van der Waals surface area contributed by atoms with Gasteiger partial charge in [-0.15, -0.1) is 11.3 Å². The summed E-state index contributed by atoms with van der Waals surface area (Å²) in [5.41, 5.74) is 3.70. The van der Waals surface area contributed by atoms with Crippen LogP contribution in [0.5, 0.6) is 5.75 Å². The second-order valence-corrected chi connectivity index (χ2v) is 7.76. The smallest absolute Gasteiger partial charge is 0.227 e. The van der Waals surface area contributed by atoms with E-state index in [-0.39, 0.29) is 0 Å². The Hall–Kier alpha value is -3.22. The van der Waals surface area contributed by atoms with Crippen molar-refractivity contribution in [1.82, 2.24) is 15.0 Å². The van der Waals surface area contributed by atoms with Crippen molar-refractivity contribution in [3.05, 3.63) is 83.0 Å². The normalized spacial score (nSPS) is 11.1. The number of fused-ring (bicyclic) bond motifs is 2. The van der Waals surface area contributed by atoms with E-state index in [2.05, 4.69) is 20.7 Å². The number of aromatic nitrogens is 3. The van der Waals surface area contributed by atoms with Crippen LogP contribution in [0.2, 0.25) is 5.02 Å². The summed E-state index contributed by atoms with van der Waals surface area (Å²) in [5.74, 6) is 1.34. The van der Waals surface area contributed by atoms with Gasteiger partial charge in [-0.3, -0.25) is 4.98 Å². The second kappa shape index (κ2) is 7.66. The third-order valence-corrected chi connectivity index (χ3v) is 5.68. The summed E-state index contributed by atoms with van der Waals surface area (Å²) in [5, 5.41) is 6.96. The van der Waals surface area contributed by atoms with Crippen LogP contribution in [0, 0.1) is 0 Å². The van der Waals surface area contributed by atoms with Crippen molar-refractivity contribution in [3.8, 4) is 5.75 Å². The maximum atomic E-state index is 6.11. The molecule has 1 N–H and O–H groups in total. The van der Waals surface area contributed by atoms with Gasteiger partial charge in [-0.25, -0.2) is 9.97 Å². The predicted octanol–water partition coefficient (Wildman–Crippen LogP) is 6.22. The maximum absolute atomic E-state index is 6.11. The molecule has 0 atom stereocenters. The molecule has 0 amide bonds. The number of ether oxygens (including phenoxy) is 1. The van der Waals surface area contributed by atoms with Gasteiger partial charge < -0.3 is 10.1 Å². The highest BCUT2D eigenvalue weighted by Gasteiger charge is 2.10. The minimum atomic E-state index is 0.422. The van der Waals surface area contributed by atoms with Gasteiger partial charge in [0.15, 0.2) is 0 Å². The van der Waals surface area contributed by atoms with Gasteiger partial charge >= 0.3 is 0 Å². The first kappa shape index (κ1) is 17.8. The number of nitrogens with zero attached hydrogens (tertiary/aromatic N) is 3. The van der Waals surface area contributed by atoms with Gasteiger partial charge in [0, 0.05) is 33.2 Å². The Morgan fingerprint density at radius 1 is 1.00 bits per heavy atom. The molecule has 0 saturated carbocycles. The van der Waals surface area contributed by atoms with Crippen LogP contribution in [0.15, 0.2) is 72.4 Å². The van der Waals surface area contributed by atoms with Gasteiger partial charge in [-0.2, -0.15) is 0 Å². The Labute approximate surface area is 176 Å². The van der Waals surface area contributed by atoms with E-state index < -0.39 is 0 Å². The fourth-order valence-corrected chi connectivity index (χ4v) is 4.04. The molecule has 2 aromatic carbocycles. The van der Waals surface area contributed by atoms with Crippen LogP contribution in [0.3, 0.4) is 0 Å². The predicted molar refractivity (Wildman–Crippen MR) is 118 cm³/mol. The number of halogens is 1. The molecule has 0 saturated heterocycles. The SMILES string of the molecule is Clc1ccc(Nc2ncc3scc(COc4cccc5ncccc45)c3n2)cc1. The van der Waals surface area contributed by atoms with E-state index in [9.17, 15) is 0 Å². The molecule has 142 valence electrons. The summed E-state index contributed by atoms with van der Waals surface area (Å²) in [6.45, 7) is 0.422. The van der Waals surface area contributed by atoms with Crippen molar-refractivity contribution in [2.75, 3.05) is 5.32 Å². The molecule has 5 aromatic rings. The lowest BCUT2D eigenvalue weighted by molar-refractivity contribution is 0.311. The molecular formula is C22H15ClN4OS. The molecule has 5 nitrogen and oxygen atoms in total. The van der Waals surface area contributed by atoms with Crippen molar-refractivity contribution in [2.45, 2.75) is 6.61 Å². The van der Waals surface area contributed by atoms with Crippen molar-refractivity contribution in [2.24, 2.45) is 0 Å². The first-order valence-corrected chi connectivity index (χ1v) is 10.2. The monoisotopic (exact) mass is 418 g/mol. The zero-order chi connectivity index (χ0) is 19.6. The summed E-state index contributed by atoms with van der Waals surface area (Å²) >= 11 is 7.55. The Bertz CT molecular complexity index is 1300. The standard InChI is InChI=1S/C22H15ClN4OS/c23-15-6-8-16(9-7-15)26-22-25-11-20-21(27-22)14(13-29-20)12-28-19-5-1-4-18-17(19)3-2-10-24-18/h1-11,13H,12H2,(H,25,26,27). The number of hydrogen-bond acceptors (Lipinski definition) is 6. The van der Waals surface area contributed by atoms with Crippen molar-refractivity contribution < 1.29 is 4.74 Å². The lowest BCUT2D eigenvalue weighted by Crippen LogP contribution is -1.99. The maximum Gasteiger partial charge on any atom is 0.227 e. The highest BCUT2D eigenvalue weighted by atomic mass is 35.5. The highest BCUT2D eigenvalue weighted by Crippen LogP contribution is 2.29. The van der Waals surface area contributed by atoms with Crippen LogP contribution >= 0.6 is 22.9 Å². The molecule has 3 heterocycles. The molecule has 7 heteroatoms. The average Bonchev–Trinajstić information content (AvgIpc) is 3.16. The third kappa shape index (κ3) is 3.72. The lowest BCUT2D eigenvalue weighted by Gasteiger charge is -2.09. The molecule has 0 spiro atoms. The molecule has 0 unspecified atom stereocenters. The summed E-state index contributed by atoms with van der Waals surface area (Å²) in [4.78, 5) is 13.5.